The third kappa shape index (κ3) is 5.94. The molecule has 44 heavy (non-hydrogen) atoms. The number of nitrogens with one attached hydrogen (secondary N) is 2. The molecule has 4 aromatic rings. The lowest BCUT2D eigenvalue weighted by Crippen LogP contribution is -2.41. The van der Waals surface area contributed by atoms with Gasteiger partial charge in [0, 0.05) is 62.4 Å². The van der Waals surface area contributed by atoms with Crippen LogP contribution in [0.2, 0.25) is 0 Å². The van der Waals surface area contributed by atoms with Crippen molar-refractivity contribution in [2.45, 2.75) is 75.9 Å². The second-order valence-electron chi connectivity index (χ2n) is 11.7. The number of aliphatic hydroxyl groups excluding tert-OH is 1. The molecular formula is C30H34F3N9O2. The van der Waals surface area contributed by atoms with Gasteiger partial charge in [-0.15, -0.1) is 0 Å². The molecule has 1 aliphatic carbocycles. The summed E-state index contributed by atoms with van der Waals surface area (Å²) in [4.78, 5) is 18.0. The quantitative estimate of drug-likeness (QED) is 0.236. The molecule has 0 radical (unpaired) electrons. The summed E-state index contributed by atoms with van der Waals surface area (Å²) in [6.45, 7) is 2.86. The first-order valence-electron chi connectivity index (χ1n) is 14.8. The molecule has 0 amide bonds. The van der Waals surface area contributed by atoms with Crippen LogP contribution in [-0.2, 0) is 18.3 Å². The number of ether oxygens (including phenoxy) is 1. The van der Waals surface area contributed by atoms with Gasteiger partial charge in [0.15, 0.2) is 5.82 Å². The number of aliphatic hydroxyl groups is 1. The molecule has 3 N–H and O–H groups in total. The van der Waals surface area contributed by atoms with Crippen LogP contribution in [0.25, 0.3) is 22.3 Å². The number of alkyl halides is 3. The van der Waals surface area contributed by atoms with Gasteiger partial charge in [0.25, 0.3) is 0 Å². The first-order valence-corrected chi connectivity index (χ1v) is 14.8. The van der Waals surface area contributed by atoms with Gasteiger partial charge in [0.1, 0.15) is 23.8 Å². The maximum absolute atomic E-state index is 13.6. The van der Waals surface area contributed by atoms with E-state index in [4.69, 9.17) is 9.84 Å². The third-order valence-electron chi connectivity index (χ3n) is 8.59. The second kappa shape index (κ2) is 12.0. The molecule has 2 aliphatic rings. The van der Waals surface area contributed by atoms with Crippen molar-refractivity contribution in [3.05, 3.63) is 48.2 Å². The van der Waals surface area contributed by atoms with Crippen molar-refractivity contribution in [2.24, 2.45) is 0 Å². The van der Waals surface area contributed by atoms with Gasteiger partial charge in [-0.1, -0.05) is 0 Å². The highest BCUT2D eigenvalue weighted by Gasteiger charge is 2.41. The smallest absolute Gasteiger partial charge is 0.433 e. The number of hydrogen-bond donors (Lipinski definition) is 3. The van der Waals surface area contributed by atoms with Crippen molar-refractivity contribution in [2.75, 3.05) is 24.6 Å². The van der Waals surface area contributed by atoms with Crippen LogP contribution in [-0.4, -0.2) is 66.7 Å². The lowest BCUT2D eigenvalue weighted by molar-refractivity contribution is -0.141. The fourth-order valence-corrected chi connectivity index (χ4v) is 5.89. The second-order valence-corrected chi connectivity index (χ2v) is 11.7. The average molecular weight is 610 g/mol. The summed E-state index contributed by atoms with van der Waals surface area (Å²) in [6.07, 6.45) is 4.61. The molecule has 11 nitrogen and oxygen atoms in total. The van der Waals surface area contributed by atoms with Crippen LogP contribution in [0, 0.1) is 11.3 Å². The van der Waals surface area contributed by atoms with E-state index < -0.39 is 11.9 Å². The Labute approximate surface area is 252 Å². The van der Waals surface area contributed by atoms with Gasteiger partial charge in [-0.2, -0.15) is 23.5 Å². The average Bonchev–Trinajstić information content (AvgIpc) is 3.66. The van der Waals surface area contributed by atoms with Crippen LogP contribution in [0.4, 0.5) is 19.0 Å². The molecule has 0 aromatic carbocycles. The van der Waals surface area contributed by atoms with Crippen LogP contribution in [0.3, 0.4) is 0 Å². The van der Waals surface area contributed by atoms with Crippen molar-refractivity contribution >= 4 is 16.9 Å². The van der Waals surface area contributed by atoms with Crippen molar-refractivity contribution in [1.82, 2.24) is 35.0 Å². The van der Waals surface area contributed by atoms with E-state index in [0.29, 0.717) is 43.6 Å². The predicted octanol–water partition coefficient (Wildman–Crippen LogP) is 4.55. The Kier molecular flexibility index (Phi) is 8.17. The first kappa shape index (κ1) is 29.8. The Hall–Kier alpha value is -4.22. The minimum Gasteiger partial charge on any atom is -0.474 e. The number of halogens is 3. The number of hydrogen-bond acceptors (Lipinski definition) is 9. The van der Waals surface area contributed by atoms with Crippen molar-refractivity contribution in [1.29, 1.82) is 5.26 Å². The molecule has 4 aromatic heterocycles. The van der Waals surface area contributed by atoms with E-state index in [1.807, 2.05) is 23.1 Å². The van der Waals surface area contributed by atoms with Gasteiger partial charge in [-0.25, -0.2) is 15.0 Å². The fourth-order valence-electron chi connectivity index (χ4n) is 5.89. The molecule has 6 rings (SSSR count). The first-order chi connectivity index (χ1) is 21.2. The number of fused-ring (bicyclic) bond motifs is 1. The molecule has 232 valence electrons. The summed E-state index contributed by atoms with van der Waals surface area (Å²) in [6, 6.07) is 6.51. The van der Waals surface area contributed by atoms with E-state index in [1.54, 1.807) is 6.92 Å². The normalized spacial score (nSPS) is 17.8. The molecule has 1 aliphatic heterocycles. The number of anilines is 1. The van der Waals surface area contributed by atoms with E-state index >= 15 is 0 Å². The minimum atomic E-state index is -4.62. The summed E-state index contributed by atoms with van der Waals surface area (Å²) in [5.41, 5.74) is 1.31. The van der Waals surface area contributed by atoms with Crippen LogP contribution in [0.1, 0.15) is 56.7 Å². The summed E-state index contributed by atoms with van der Waals surface area (Å²) in [5.74, 6) is 0.674. The number of piperidine rings is 1. The van der Waals surface area contributed by atoms with Crippen LogP contribution in [0.15, 0.2) is 36.9 Å². The zero-order valence-electron chi connectivity index (χ0n) is 24.3. The zero-order chi connectivity index (χ0) is 30.9. The third-order valence-corrected chi connectivity index (χ3v) is 8.59. The monoisotopic (exact) mass is 609 g/mol. The molecule has 0 unspecified atom stereocenters. The lowest BCUT2D eigenvalue weighted by atomic mass is 9.75. The highest BCUT2D eigenvalue weighted by molar-refractivity contribution is 5.93. The van der Waals surface area contributed by atoms with E-state index in [-0.39, 0.29) is 36.7 Å². The summed E-state index contributed by atoms with van der Waals surface area (Å²) >= 11 is 0. The molecule has 0 bridgehead atoms. The van der Waals surface area contributed by atoms with Gasteiger partial charge >= 0.3 is 6.18 Å². The number of aromatic nitrogens is 6. The predicted molar refractivity (Wildman–Crippen MR) is 156 cm³/mol. The standard InChI is InChI=1S/C30H34F3N9O2/c1-19(17-43)36-15-20-13-24(30(31,32)33)39-25(14-20)44-21-4-11-41(12-5-21)28-23(26-22-3-10-35-27(22)38-18-37-26)16-42(40-28)29(8-9-34)6-2-7-29/h3,10,13-14,16,18-19,21,36,43H,2,4-8,11-12,15,17H2,1H3,(H,35,37,38)/t19-/m0/s1. The molecule has 2 fully saturated rings. The van der Waals surface area contributed by atoms with Gasteiger partial charge in [0.2, 0.25) is 5.88 Å². The number of nitrogens with zero attached hydrogens (tertiary/aromatic N) is 7. The van der Waals surface area contributed by atoms with Crippen LogP contribution >= 0.6 is 0 Å². The number of pyridine rings is 1. The van der Waals surface area contributed by atoms with Gasteiger partial charge < -0.3 is 25.0 Å². The number of rotatable bonds is 10. The SMILES string of the molecule is C[C@@H](CO)NCc1cc(OC2CCN(c3nn(C4(CC#N)CCC4)cc3-c3ncnc4[nH]ccc34)CC2)nc(C(F)(F)F)c1. The van der Waals surface area contributed by atoms with Gasteiger partial charge in [0.05, 0.1) is 35.9 Å². The van der Waals surface area contributed by atoms with E-state index in [2.05, 4.69) is 36.2 Å². The van der Waals surface area contributed by atoms with E-state index in [9.17, 15) is 23.5 Å². The summed E-state index contributed by atoms with van der Waals surface area (Å²) in [5, 5.41) is 27.7. The van der Waals surface area contributed by atoms with Gasteiger partial charge in [-0.05, 0) is 43.9 Å². The summed E-state index contributed by atoms with van der Waals surface area (Å²) in [7, 11) is 0. The Morgan fingerprint density at radius 3 is 2.73 bits per heavy atom. The number of aromatic amines is 1. The highest BCUT2D eigenvalue weighted by atomic mass is 19.4. The summed E-state index contributed by atoms with van der Waals surface area (Å²) < 4.78 is 48.8. The van der Waals surface area contributed by atoms with E-state index in [0.717, 1.165) is 47.8 Å². The molecule has 1 saturated heterocycles. The molecule has 14 heteroatoms. The van der Waals surface area contributed by atoms with Crippen LogP contribution < -0.4 is 15.0 Å². The Morgan fingerprint density at radius 2 is 2.05 bits per heavy atom. The molecule has 5 heterocycles. The molecule has 1 saturated carbocycles. The van der Waals surface area contributed by atoms with Crippen LogP contribution in [0.5, 0.6) is 5.88 Å². The van der Waals surface area contributed by atoms with Crippen molar-refractivity contribution < 1.29 is 23.0 Å². The number of H-pyrrole nitrogens is 1. The van der Waals surface area contributed by atoms with E-state index in [1.165, 1.54) is 12.4 Å². The number of nitriles is 1. The maximum Gasteiger partial charge on any atom is 0.433 e. The zero-order valence-corrected chi connectivity index (χ0v) is 24.3. The Balaban J connectivity index is 1.23. The molecule has 1 atom stereocenters. The minimum absolute atomic E-state index is 0.0732. The topological polar surface area (TPSA) is 141 Å². The van der Waals surface area contributed by atoms with Crippen molar-refractivity contribution in [3.8, 4) is 23.2 Å². The van der Waals surface area contributed by atoms with Gasteiger partial charge in [-0.3, -0.25) is 4.68 Å². The Bertz CT molecular complexity index is 1650. The largest absolute Gasteiger partial charge is 0.474 e. The maximum atomic E-state index is 13.6. The lowest BCUT2D eigenvalue weighted by Gasteiger charge is -2.40. The van der Waals surface area contributed by atoms with Crippen molar-refractivity contribution in [3.63, 3.8) is 0 Å². The molecular weight excluding hydrogens is 575 g/mol. The fraction of sp³-hybridized carbons (Fsp3) is 0.500. The Morgan fingerprint density at radius 1 is 1.25 bits per heavy atom. The highest BCUT2D eigenvalue weighted by Crippen LogP contribution is 2.44. The molecule has 0 spiro atoms.